The van der Waals surface area contributed by atoms with Gasteiger partial charge in [0.2, 0.25) is 0 Å². The van der Waals surface area contributed by atoms with Crippen LogP contribution in [0.15, 0.2) is 91.0 Å². The average molecular weight is 630 g/mol. The van der Waals surface area contributed by atoms with Crippen molar-refractivity contribution in [1.29, 1.82) is 0 Å². The van der Waals surface area contributed by atoms with E-state index < -0.39 is 0 Å². The van der Waals surface area contributed by atoms with Gasteiger partial charge in [-0.25, -0.2) is 0 Å². The third-order valence-corrected chi connectivity index (χ3v) is 6.86. The second-order valence-corrected chi connectivity index (χ2v) is 8.92. The van der Waals surface area contributed by atoms with Gasteiger partial charge >= 0.3 is 0 Å². The van der Waals surface area contributed by atoms with E-state index in [1.54, 1.807) is 0 Å². The molecule has 2 aliphatic rings. The minimum Gasteiger partial charge on any atom is -0.505 e. The monoisotopic (exact) mass is 631 g/mol. The van der Waals surface area contributed by atoms with Crippen molar-refractivity contribution in [2.75, 3.05) is 33.7 Å². The molecule has 0 amide bonds. The Bertz CT molecular complexity index is 1460. The Morgan fingerprint density at radius 1 is 0.514 bits per heavy atom. The van der Waals surface area contributed by atoms with Gasteiger partial charge < -0.3 is 19.6 Å². The Kier molecular flexibility index (Phi) is 5.20. The summed E-state index contributed by atoms with van der Waals surface area (Å²) < 4.78 is 0. The van der Waals surface area contributed by atoms with E-state index in [0.717, 1.165) is 11.4 Å². The van der Waals surface area contributed by atoms with Gasteiger partial charge in [-0.3, -0.25) is 0 Å². The van der Waals surface area contributed by atoms with Crippen LogP contribution in [0.4, 0.5) is 34.1 Å². The molecule has 0 fully saturated rings. The Balaban J connectivity index is 0.00000229. The molecular weight excluding hydrogens is 607 g/mol. The number of rotatable bonds is 2. The van der Waals surface area contributed by atoms with Gasteiger partial charge in [0.1, 0.15) is 0 Å². The molecule has 0 bridgehead atoms. The third kappa shape index (κ3) is 3.30. The van der Waals surface area contributed by atoms with E-state index in [0.29, 0.717) is 0 Å². The fraction of sp³-hybridized carbons (Fsp3) is 0.0667. The molecule has 35 heavy (non-hydrogen) atoms. The molecule has 4 nitrogen and oxygen atoms in total. The molecule has 174 valence electrons. The van der Waals surface area contributed by atoms with Crippen molar-refractivity contribution < 1.29 is 19.8 Å². The maximum Gasteiger partial charge on any atom is 0.0237 e. The van der Waals surface area contributed by atoms with Crippen LogP contribution < -0.4 is 19.6 Å². The molecule has 0 atom stereocenters. The molecule has 0 aromatic heterocycles. The maximum absolute atomic E-state index is 3.71. The third-order valence-electron chi connectivity index (χ3n) is 6.86. The zero-order valence-corrected chi connectivity index (χ0v) is 22.0. The summed E-state index contributed by atoms with van der Waals surface area (Å²) in [5, 5.41) is 5.00. The quantitative estimate of drug-likeness (QED) is 0.192. The average Bonchev–Trinajstić information content (AvgIpc) is 2.88. The normalized spacial score (nSPS) is 14.5. The molecule has 5 aromatic carbocycles. The Hall–Kier alpha value is -3.54. The standard InChI is InChI=1S/C30H23N4.Os/c1-31-19-33(27-16-5-10-21-8-3-14-25(31)29(21)27)23-12-7-13-24(18-23)34-20-32(2)26-15-4-9-22-11-6-17-28(34)30(22)26;/h3-17,19-20H,1-2H3;/q-3;. The Labute approximate surface area is 219 Å². The van der Waals surface area contributed by atoms with Crippen LogP contribution in [0, 0.1) is 19.4 Å². The van der Waals surface area contributed by atoms with Crippen LogP contribution in [0.5, 0.6) is 0 Å². The summed E-state index contributed by atoms with van der Waals surface area (Å²) in [5.74, 6) is 0. The molecule has 0 spiro atoms. The minimum atomic E-state index is 0. The summed E-state index contributed by atoms with van der Waals surface area (Å²) >= 11 is 0. The summed E-state index contributed by atoms with van der Waals surface area (Å²) in [6.45, 7) is 4.30. The first kappa shape index (κ1) is 22.0. The summed E-state index contributed by atoms with van der Waals surface area (Å²) in [6, 6.07) is 36.0. The van der Waals surface area contributed by atoms with E-state index in [9.17, 15) is 0 Å². The fourth-order valence-electron chi connectivity index (χ4n) is 5.30. The second-order valence-electron chi connectivity index (χ2n) is 8.92. The van der Waals surface area contributed by atoms with Gasteiger partial charge in [-0.1, -0.05) is 48.5 Å². The van der Waals surface area contributed by atoms with Gasteiger partial charge in [-0.05, 0) is 49.1 Å². The van der Waals surface area contributed by atoms with Crippen molar-refractivity contribution in [3.8, 4) is 0 Å². The summed E-state index contributed by atoms with van der Waals surface area (Å²) in [5.41, 5.74) is 6.80. The number of nitrogens with zero attached hydrogens (tertiary/aromatic N) is 4. The van der Waals surface area contributed by atoms with Gasteiger partial charge in [0.15, 0.2) is 0 Å². The minimum absolute atomic E-state index is 0. The van der Waals surface area contributed by atoms with Crippen molar-refractivity contribution in [2.24, 2.45) is 0 Å². The molecule has 2 aliphatic heterocycles. The maximum atomic E-state index is 3.71. The molecule has 5 heteroatoms. The first-order chi connectivity index (χ1) is 16.7. The van der Waals surface area contributed by atoms with E-state index in [1.165, 1.54) is 44.3 Å². The second kappa shape index (κ2) is 8.29. The van der Waals surface area contributed by atoms with Crippen LogP contribution >= 0.6 is 0 Å². The van der Waals surface area contributed by atoms with E-state index >= 15 is 0 Å². The van der Waals surface area contributed by atoms with Crippen LogP contribution in [-0.2, 0) is 19.8 Å². The largest absolute Gasteiger partial charge is 0.505 e. The molecule has 0 N–H and O–H groups in total. The number of anilines is 6. The molecule has 7 rings (SSSR count). The van der Waals surface area contributed by atoms with E-state index in [1.807, 2.05) is 0 Å². The smallest absolute Gasteiger partial charge is 0.0237 e. The van der Waals surface area contributed by atoms with Crippen molar-refractivity contribution >= 4 is 55.7 Å². The molecule has 0 unspecified atom stereocenters. The zero-order chi connectivity index (χ0) is 22.8. The first-order valence-electron chi connectivity index (χ1n) is 11.5. The van der Waals surface area contributed by atoms with Crippen LogP contribution in [0.2, 0.25) is 0 Å². The SMILES string of the molecule is CN1[CH-]N(c2[c-]c(N3[CH-]N(C)c4cccc5cccc3c45)ccc2)c2cccc3cccc1c23.[Os]. The van der Waals surface area contributed by atoms with Gasteiger partial charge in [-0.15, -0.1) is 29.6 Å². The molecule has 0 saturated carbocycles. The summed E-state index contributed by atoms with van der Waals surface area (Å²) in [4.78, 5) is 8.85. The first-order valence-corrected chi connectivity index (χ1v) is 11.5. The van der Waals surface area contributed by atoms with E-state index in [4.69, 9.17) is 0 Å². The van der Waals surface area contributed by atoms with Gasteiger partial charge in [0.05, 0.1) is 0 Å². The Morgan fingerprint density at radius 2 is 0.886 bits per heavy atom. The number of benzene rings is 5. The molecule has 0 aliphatic carbocycles. The van der Waals surface area contributed by atoms with Crippen LogP contribution in [0.1, 0.15) is 0 Å². The molecule has 2 heterocycles. The van der Waals surface area contributed by atoms with Gasteiger partial charge in [0.25, 0.3) is 0 Å². The van der Waals surface area contributed by atoms with Gasteiger partial charge in [0, 0.05) is 53.3 Å². The number of hydrogen-bond donors (Lipinski definition) is 0. The fourth-order valence-corrected chi connectivity index (χ4v) is 5.30. The molecule has 0 saturated heterocycles. The van der Waals surface area contributed by atoms with Crippen molar-refractivity contribution in [3.05, 3.63) is 110 Å². The van der Waals surface area contributed by atoms with E-state index in [2.05, 4.69) is 144 Å². The molecule has 5 aromatic rings. The van der Waals surface area contributed by atoms with Crippen molar-refractivity contribution in [1.82, 2.24) is 0 Å². The topological polar surface area (TPSA) is 13.0 Å². The van der Waals surface area contributed by atoms with Crippen molar-refractivity contribution in [3.63, 3.8) is 0 Å². The van der Waals surface area contributed by atoms with Crippen LogP contribution in [0.3, 0.4) is 0 Å². The zero-order valence-electron chi connectivity index (χ0n) is 19.5. The predicted octanol–water partition coefficient (Wildman–Crippen LogP) is 7.21. The number of hydrogen-bond acceptors (Lipinski definition) is 4. The van der Waals surface area contributed by atoms with Crippen LogP contribution in [0.25, 0.3) is 21.5 Å². The van der Waals surface area contributed by atoms with Gasteiger partial charge in [-0.2, -0.15) is 19.4 Å². The summed E-state index contributed by atoms with van der Waals surface area (Å²) in [7, 11) is 4.21. The molecular formula is C30H23N4Os-3. The summed E-state index contributed by atoms with van der Waals surface area (Å²) in [6.07, 6.45) is 0. The van der Waals surface area contributed by atoms with E-state index in [-0.39, 0.29) is 19.8 Å². The Morgan fingerprint density at radius 3 is 1.31 bits per heavy atom. The predicted molar refractivity (Wildman–Crippen MR) is 143 cm³/mol. The molecule has 0 radical (unpaired) electrons. The van der Waals surface area contributed by atoms with Crippen molar-refractivity contribution in [2.45, 2.75) is 0 Å². The van der Waals surface area contributed by atoms with Crippen LogP contribution in [-0.4, -0.2) is 14.1 Å².